The molecule has 0 unspecified atom stereocenters. The predicted octanol–water partition coefficient (Wildman–Crippen LogP) is -0.121. The van der Waals surface area contributed by atoms with Gasteiger partial charge in [0.05, 0.1) is 13.2 Å². The van der Waals surface area contributed by atoms with Gasteiger partial charge in [0.25, 0.3) is 5.91 Å². The summed E-state index contributed by atoms with van der Waals surface area (Å²) in [5.74, 6) is 0.366. The molecule has 1 aromatic carbocycles. The maximum atomic E-state index is 11.7. The Morgan fingerprint density at radius 3 is 2.24 bits per heavy atom. The molecule has 0 aromatic heterocycles. The predicted molar refractivity (Wildman–Crippen MR) is 62.7 cm³/mol. The normalized spacial score (nSPS) is 10.0. The third-order valence-electron chi connectivity index (χ3n) is 2.20. The van der Waals surface area contributed by atoms with E-state index in [2.05, 4.69) is 0 Å². The van der Waals surface area contributed by atoms with Gasteiger partial charge in [0, 0.05) is 13.1 Å². The molecule has 0 saturated carbocycles. The molecule has 17 heavy (non-hydrogen) atoms. The number of hydrogen-bond acceptors (Lipinski definition) is 4. The van der Waals surface area contributed by atoms with Crippen LogP contribution in [0.4, 0.5) is 0 Å². The van der Waals surface area contributed by atoms with E-state index in [1.165, 1.54) is 4.90 Å². The fourth-order valence-corrected chi connectivity index (χ4v) is 1.36. The van der Waals surface area contributed by atoms with E-state index in [-0.39, 0.29) is 38.8 Å². The van der Waals surface area contributed by atoms with Crippen LogP contribution in [0.2, 0.25) is 0 Å². The zero-order valence-corrected chi connectivity index (χ0v) is 9.58. The molecule has 0 aliphatic rings. The van der Waals surface area contributed by atoms with Gasteiger partial charge in [-0.2, -0.15) is 0 Å². The molecular formula is C12H17NO4. The minimum absolute atomic E-state index is 0.0932. The number of carbonyl (C=O) groups excluding carboxylic acids is 1. The summed E-state index contributed by atoms with van der Waals surface area (Å²) in [6, 6.07) is 9.02. The van der Waals surface area contributed by atoms with E-state index in [9.17, 15) is 4.79 Å². The Balaban J connectivity index is 2.41. The maximum absolute atomic E-state index is 11.7. The Hall–Kier alpha value is -1.59. The lowest BCUT2D eigenvalue weighted by Gasteiger charge is -2.20. The Labute approximate surface area is 100 Å². The number of nitrogens with zero attached hydrogens (tertiary/aromatic N) is 1. The first kappa shape index (κ1) is 13.5. The van der Waals surface area contributed by atoms with Gasteiger partial charge in [-0.1, -0.05) is 18.2 Å². The smallest absolute Gasteiger partial charge is 0.260 e. The molecule has 0 aliphatic heterocycles. The van der Waals surface area contributed by atoms with E-state index >= 15 is 0 Å². The topological polar surface area (TPSA) is 70.0 Å². The van der Waals surface area contributed by atoms with E-state index in [1.807, 2.05) is 18.2 Å². The molecule has 5 nitrogen and oxygen atoms in total. The highest BCUT2D eigenvalue weighted by Gasteiger charge is 2.12. The number of para-hydroxylation sites is 1. The number of ether oxygens (including phenoxy) is 1. The fourth-order valence-electron chi connectivity index (χ4n) is 1.36. The van der Waals surface area contributed by atoms with Gasteiger partial charge in [0.15, 0.2) is 6.61 Å². The van der Waals surface area contributed by atoms with Crippen LogP contribution in [0, 0.1) is 0 Å². The molecule has 0 spiro atoms. The van der Waals surface area contributed by atoms with Crippen LogP contribution in [0.3, 0.4) is 0 Å². The molecular weight excluding hydrogens is 222 g/mol. The van der Waals surface area contributed by atoms with Crippen molar-refractivity contribution in [1.82, 2.24) is 4.90 Å². The van der Waals surface area contributed by atoms with E-state index in [0.29, 0.717) is 5.75 Å². The van der Waals surface area contributed by atoms with Crippen molar-refractivity contribution in [1.29, 1.82) is 0 Å². The van der Waals surface area contributed by atoms with Gasteiger partial charge in [-0.15, -0.1) is 0 Å². The summed E-state index contributed by atoms with van der Waals surface area (Å²) >= 11 is 0. The summed E-state index contributed by atoms with van der Waals surface area (Å²) in [4.78, 5) is 13.0. The van der Waals surface area contributed by atoms with Crippen LogP contribution in [0.1, 0.15) is 0 Å². The molecule has 1 aromatic rings. The number of aliphatic hydroxyl groups is 2. The van der Waals surface area contributed by atoms with Crippen molar-refractivity contribution in [3.8, 4) is 5.75 Å². The lowest BCUT2D eigenvalue weighted by molar-refractivity contribution is -0.134. The number of amides is 1. The van der Waals surface area contributed by atoms with Gasteiger partial charge in [-0.3, -0.25) is 4.79 Å². The number of hydrogen-bond donors (Lipinski definition) is 2. The second kappa shape index (κ2) is 7.65. The van der Waals surface area contributed by atoms with Crippen LogP contribution in [0.5, 0.6) is 5.75 Å². The molecule has 0 bridgehead atoms. The molecule has 0 fully saturated rings. The quantitative estimate of drug-likeness (QED) is 0.696. The van der Waals surface area contributed by atoms with Gasteiger partial charge in [0.2, 0.25) is 0 Å². The Kier molecular flexibility index (Phi) is 6.06. The van der Waals surface area contributed by atoms with Crippen molar-refractivity contribution < 1.29 is 19.7 Å². The minimum atomic E-state index is -0.253. The third-order valence-corrected chi connectivity index (χ3v) is 2.20. The highest BCUT2D eigenvalue weighted by Crippen LogP contribution is 2.08. The van der Waals surface area contributed by atoms with E-state index < -0.39 is 0 Å². The molecule has 0 saturated heterocycles. The highest BCUT2D eigenvalue weighted by atomic mass is 16.5. The first-order chi connectivity index (χ1) is 8.27. The Morgan fingerprint density at radius 1 is 1.12 bits per heavy atom. The SMILES string of the molecule is O=C(COc1ccccc1)N(CCO)CCO. The minimum Gasteiger partial charge on any atom is -0.484 e. The summed E-state index contributed by atoms with van der Waals surface area (Å²) in [5, 5.41) is 17.6. The van der Waals surface area contributed by atoms with Gasteiger partial charge in [0.1, 0.15) is 5.75 Å². The molecule has 2 N–H and O–H groups in total. The van der Waals surface area contributed by atoms with E-state index in [4.69, 9.17) is 14.9 Å². The first-order valence-electron chi connectivity index (χ1n) is 5.45. The van der Waals surface area contributed by atoms with Crippen molar-refractivity contribution in [2.75, 3.05) is 32.9 Å². The number of rotatable bonds is 7. The monoisotopic (exact) mass is 239 g/mol. The molecule has 0 atom stereocenters. The Bertz CT molecular complexity index is 323. The van der Waals surface area contributed by atoms with Crippen molar-refractivity contribution in [3.63, 3.8) is 0 Å². The molecule has 5 heteroatoms. The van der Waals surface area contributed by atoms with Crippen molar-refractivity contribution >= 4 is 5.91 Å². The van der Waals surface area contributed by atoms with Crippen molar-refractivity contribution in [2.45, 2.75) is 0 Å². The largest absolute Gasteiger partial charge is 0.484 e. The average Bonchev–Trinajstić information content (AvgIpc) is 2.37. The van der Waals surface area contributed by atoms with Crippen molar-refractivity contribution in [2.24, 2.45) is 0 Å². The van der Waals surface area contributed by atoms with Crippen LogP contribution in [0.25, 0.3) is 0 Å². The Morgan fingerprint density at radius 2 is 1.71 bits per heavy atom. The standard InChI is InChI=1S/C12H17NO4/c14-8-6-13(7-9-15)12(16)10-17-11-4-2-1-3-5-11/h1-5,14-15H,6-10H2. The molecule has 0 aliphatic carbocycles. The maximum Gasteiger partial charge on any atom is 0.260 e. The van der Waals surface area contributed by atoms with Gasteiger partial charge in [-0.25, -0.2) is 0 Å². The fraction of sp³-hybridized carbons (Fsp3) is 0.417. The summed E-state index contributed by atoms with van der Waals surface area (Å²) in [6.07, 6.45) is 0. The zero-order valence-electron chi connectivity index (χ0n) is 9.58. The lowest BCUT2D eigenvalue weighted by atomic mass is 10.3. The summed E-state index contributed by atoms with van der Waals surface area (Å²) in [6.45, 7) is 0.0628. The number of carbonyl (C=O) groups is 1. The zero-order chi connectivity index (χ0) is 12.5. The van der Waals surface area contributed by atoms with E-state index in [1.54, 1.807) is 12.1 Å². The van der Waals surface area contributed by atoms with Crippen molar-refractivity contribution in [3.05, 3.63) is 30.3 Å². The molecule has 0 radical (unpaired) electrons. The van der Waals surface area contributed by atoms with Crippen LogP contribution in [0.15, 0.2) is 30.3 Å². The second-order valence-corrected chi connectivity index (χ2v) is 3.43. The number of aliphatic hydroxyl groups excluding tert-OH is 2. The second-order valence-electron chi connectivity index (χ2n) is 3.43. The molecule has 0 heterocycles. The molecule has 1 rings (SSSR count). The highest BCUT2D eigenvalue weighted by molar-refractivity contribution is 5.77. The van der Waals surface area contributed by atoms with E-state index in [0.717, 1.165) is 0 Å². The van der Waals surface area contributed by atoms with Gasteiger partial charge >= 0.3 is 0 Å². The molecule has 1 amide bonds. The van der Waals surface area contributed by atoms with Gasteiger partial charge < -0.3 is 19.8 Å². The van der Waals surface area contributed by atoms with Crippen LogP contribution < -0.4 is 4.74 Å². The van der Waals surface area contributed by atoms with Gasteiger partial charge in [-0.05, 0) is 12.1 Å². The average molecular weight is 239 g/mol. The third kappa shape index (κ3) is 4.84. The lowest BCUT2D eigenvalue weighted by Crippen LogP contribution is -2.38. The summed E-state index contributed by atoms with van der Waals surface area (Å²) < 4.78 is 5.29. The van der Waals surface area contributed by atoms with Crippen LogP contribution >= 0.6 is 0 Å². The molecule has 94 valence electrons. The number of benzene rings is 1. The summed E-state index contributed by atoms with van der Waals surface area (Å²) in [5.41, 5.74) is 0. The first-order valence-corrected chi connectivity index (χ1v) is 5.45. The van der Waals surface area contributed by atoms with Crippen LogP contribution in [-0.4, -0.2) is 53.9 Å². The van der Waals surface area contributed by atoms with Crippen LogP contribution in [-0.2, 0) is 4.79 Å². The summed E-state index contributed by atoms with van der Waals surface area (Å²) in [7, 11) is 0.